The summed E-state index contributed by atoms with van der Waals surface area (Å²) in [7, 11) is 0. The summed E-state index contributed by atoms with van der Waals surface area (Å²) in [5, 5.41) is 8.59. The summed E-state index contributed by atoms with van der Waals surface area (Å²) in [6.45, 7) is 3.62. The standard InChI is InChI=1S/C10H12O3S/c1-2-3-6-14-7-8-4-5-9(13-8)10(11)12/h2,4-5H,1,3,6-7H2,(H,11,12). The van der Waals surface area contributed by atoms with Crippen LogP contribution in [-0.2, 0) is 5.75 Å². The Morgan fingerprint density at radius 3 is 3.00 bits per heavy atom. The number of hydrogen-bond acceptors (Lipinski definition) is 3. The van der Waals surface area contributed by atoms with Crippen molar-refractivity contribution in [2.45, 2.75) is 12.2 Å². The van der Waals surface area contributed by atoms with Gasteiger partial charge in [-0.05, 0) is 24.3 Å². The molecule has 1 aromatic rings. The molecule has 0 radical (unpaired) electrons. The van der Waals surface area contributed by atoms with Crippen LogP contribution in [0.2, 0.25) is 0 Å². The molecule has 0 unspecified atom stereocenters. The Labute approximate surface area is 86.8 Å². The van der Waals surface area contributed by atoms with E-state index >= 15 is 0 Å². The Bertz CT molecular complexity index is 317. The van der Waals surface area contributed by atoms with Crippen molar-refractivity contribution in [1.29, 1.82) is 0 Å². The van der Waals surface area contributed by atoms with Crippen LogP contribution < -0.4 is 0 Å². The lowest BCUT2D eigenvalue weighted by Crippen LogP contribution is -1.91. The van der Waals surface area contributed by atoms with E-state index in [1.54, 1.807) is 17.8 Å². The lowest BCUT2D eigenvalue weighted by molar-refractivity contribution is 0.0661. The molecule has 3 nitrogen and oxygen atoms in total. The molecule has 4 heteroatoms. The molecule has 0 aromatic carbocycles. The minimum Gasteiger partial charge on any atom is -0.475 e. The van der Waals surface area contributed by atoms with Crippen molar-refractivity contribution >= 4 is 17.7 Å². The highest BCUT2D eigenvalue weighted by Crippen LogP contribution is 2.16. The number of rotatable bonds is 6. The summed E-state index contributed by atoms with van der Waals surface area (Å²) in [5.41, 5.74) is 0. The molecule has 0 saturated carbocycles. The van der Waals surface area contributed by atoms with E-state index in [4.69, 9.17) is 9.52 Å². The molecule has 0 fully saturated rings. The van der Waals surface area contributed by atoms with Crippen LogP contribution in [0.1, 0.15) is 22.7 Å². The second-order valence-corrected chi connectivity index (χ2v) is 3.81. The fourth-order valence-electron chi connectivity index (χ4n) is 0.910. The van der Waals surface area contributed by atoms with Gasteiger partial charge in [0.2, 0.25) is 5.76 Å². The maximum Gasteiger partial charge on any atom is 0.371 e. The van der Waals surface area contributed by atoms with E-state index in [0.717, 1.165) is 12.2 Å². The normalized spacial score (nSPS) is 10.0. The Hall–Kier alpha value is -1.16. The fourth-order valence-corrected chi connectivity index (χ4v) is 1.74. The van der Waals surface area contributed by atoms with Crippen LogP contribution in [0.25, 0.3) is 0 Å². The van der Waals surface area contributed by atoms with Gasteiger partial charge in [-0.15, -0.1) is 6.58 Å². The van der Waals surface area contributed by atoms with Crippen molar-refractivity contribution in [1.82, 2.24) is 0 Å². The summed E-state index contributed by atoms with van der Waals surface area (Å²) < 4.78 is 5.08. The third-order valence-corrected chi connectivity index (χ3v) is 2.60. The van der Waals surface area contributed by atoms with E-state index in [2.05, 4.69) is 6.58 Å². The molecule has 0 aliphatic rings. The predicted octanol–water partition coefficient (Wildman–Crippen LogP) is 2.79. The van der Waals surface area contributed by atoms with Crippen molar-refractivity contribution in [2.24, 2.45) is 0 Å². The Morgan fingerprint density at radius 1 is 1.64 bits per heavy atom. The number of carboxylic acid groups (broad SMARTS) is 1. The number of thioether (sulfide) groups is 1. The molecule has 1 N–H and O–H groups in total. The minimum absolute atomic E-state index is 0.00400. The van der Waals surface area contributed by atoms with Crippen LogP contribution in [0, 0.1) is 0 Å². The number of furan rings is 1. The molecule has 0 saturated heterocycles. The highest BCUT2D eigenvalue weighted by Gasteiger charge is 2.08. The molecule has 14 heavy (non-hydrogen) atoms. The smallest absolute Gasteiger partial charge is 0.371 e. The quantitative estimate of drug-likeness (QED) is 0.582. The second kappa shape index (κ2) is 5.54. The van der Waals surface area contributed by atoms with E-state index in [1.165, 1.54) is 6.07 Å². The summed E-state index contributed by atoms with van der Waals surface area (Å²) in [4.78, 5) is 10.5. The first-order valence-corrected chi connectivity index (χ1v) is 5.40. The Kier molecular flexibility index (Phi) is 4.32. The molecule has 0 aliphatic heterocycles. The highest BCUT2D eigenvalue weighted by molar-refractivity contribution is 7.98. The molecule has 1 rings (SSSR count). The Morgan fingerprint density at radius 2 is 2.43 bits per heavy atom. The van der Waals surface area contributed by atoms with Gasteiger partial charge in [-0.3, -0.25) is 0 Å². The first kappa shape index (κ1) is 10.9. The molecular weight excluding hydrogens is 200 g/mol. The SMILES string of the molecule is C=CCCSCc1ccc(C(=O)O)o1. The summed E-state index contributed by atoms with van der Waals surface area (Å²) >= 11 is 1.70. The van der Waals surface area contributed by atoms with Crippen LogP contribution in [0.15, 0.2) is 29.2 Å². The number of aromatic carboxylic acids is 1. The molecule has 76 valence electrons. The predicted molar refractivity (Wildman–Crippen MR) is 56.6 cm³/mol. The zero-order chi connectivity index (χ0) is 10.4. The largest absolute Gasteiger partial charge is 0.475 e. The van der Waals surface area contributed by atoms with Crippen LogP contribution in [-0.4, -0.2) is 16.8 Å². The van der Waals surface area contributed by atoms with Gasteiger partial charge in [0.25, 0.3) is 0 Å². The van der Waals surface area contributed by atoms with Crippen LogP contribution in [0.5, 0.6) is 0 Å². The summed E-state index contributed by atoms with van der Waals surface area (Å²) in [6, 6.07) is 3.18. The van der Waals surface area contributed by atoms with Gasteiger partial charge >= 0.3 is 5.97 Å². The molecule has 0 aliphatic carbocycles. The third kappa shape index (κ3) is 3.30. The molecule has 0 spiro atoms. The van der Waals surface area contributed by atoms with E-state index in [9.17, 15) is 4.79 Å². The first-order valence-electron chi connectivity index (χ1n) is 4.24. The highest BCUT2D eigenvalue weighted by atomic mass is 32.2. The van der Waals surface area contributed by atoms with Crippen molar-refractivity contribution < 1.29 is 14.3 Å². The topological polar surface area (TPSA) is 50.4 Å². The second-order valence-electron chi connectivity index (χ2n) is 2.70. The number of allylic oxidation sites excluding steroid dienone is 1. The van der Waals surface area contributed by atoms with Gasteiger partial charge in [0.05, 0.1) is 5.75 Å². The monoisotopic (exact) mass is 212 g/mol. The minimum atomic E-state index is -1.02. The number of carboxylic acids is 1. The zero-order valence-electron chi connectivity index (χ0n) is 7.73. The molecule has 1 aromatic heterocycles. The average molecular weight is 212 g/mol. The maximum atomic E-state index is 10.5. The van der Waals surface area contributed by atoms with Gasteiger partial charge in [0.15, 0.2) is 0 Å². The van der Waals surface area contributed by atoms with Crippen molar-refractivity contribution in [3.63, 3.8) is 0 Å². The molecular formula is C10H12O3S. The van der Waals surface area contributed by atoms with Gasteiger partial charge in [0.1, 0.15) is 5.76 Å². The lowest BCUT2D eigenvalue weighted by Gasteiger charge is -1.95. The van der Waals surface area contributed by atoms with E-state index in [1.807, 2.05) is 6.08 Å². The van der Waals surface area contributed by atoms with Gasteiger partial charge in [-0.25, -0.2) is 4.79 Å². The molecule has 1 heterocycles. The van der Waals surface area contributed by atoms with Crippen molar-refractivity contribution in [2.75, 3.05) is 5.75 Å². The average Bonchev–Trinajstić information content (AvgIpc) is 2.61. The summed E-state index contributed by atoms with van der Waals surface area (Å²) in [5.74, 6) is 1.38. The van der Waals surface area contributed by atoms with E-state index in [-0.39, 0.29) is 5.76 Å². The number of carbonyl (C=O) groups is 1. The molecule has 0 bridgehead atoms. The number of hydrogen-bond donors (Lipinski definition) is 1. The van der Waals surface area contributed by atoms with Crippen LogP contribution >= 0.6 is 11.8 Å². The van der Waals surface area contributed by atoms with Crippen molar-refractivity contribution in [3.8, 4) is 0 Å². The van der Waals surface area contributed by atoms with Gasteiger partial charge in [-0.1, -0.05) is 6.08 Å². The van der Waals surface area contributed by atoms with E-state index in [0.29, 0.717) is 11.5 Å². The van der Waals surface area contributed by atoms with Gasteiger partial charge < -0.3 is 9.52 Å². The summed E-state index contributed by atoms with van der Waals surface area (Å²) in [6.07, 6.45) is 2.81. The first-order chi connectivity index (χ1) is 6.74. The lowest BCUT2D eigenvalue weighted by atomic mass is 10.4. The Balaban J connectivity index is 2.36. The zero-order valence-corrected chi connectivity index (χ0v) is 8.55. The molecule has 0 amide bonds. The van der Waals surface area contributed by atoms with Crippen LogP contribution in [0.4, 0.5) is 0 Å². The third-order valence-electron chi connectivity index (χ3n) is 1.58. The maximum absolute atomic E-state index is 10.5. The fraction of sp³-hybridized carbons (Fsp3) is 0.300. The van der Waals surface area contributed by atoms with Gasteiger partial charge in [0, 0.05) is 0 Å². The van der Waals surface area contributed by atoms with E-state index < -0.39 is 5.97 Å². The van der Waals surface area contributed by atoms with Crippen LogP contribution in [0.3, 0.4) is 0 Å². The van der Waals surface area contributed by atoms with Crippen molar-refractivity contribution in [3.05, 3.63) is 36.3 Å². The molecule has 0 atom stereocenters. The van der Waals surface area contributed by atoms with Gasteiger partial charge in [-0.2, -0.15) is 11.8 Å².